The van der Waals surface area contributed by atoms with Crippen LogP contribution in [0.25, 0.3) is 0 Å². The van der Waals surface area contributed by atoms with Crippen LogP contribution in [0.4, 0.5) is 4.39 Å². The van der Waals surface area contributed by atoms with Crippen LogP contribution >= 0.6 is 0 Å². The van der Waals surface area contributed by atoms with E-state index in [0.29, 0.717) is 18.7 Å². The molecule has 0 bridgehead atoms. The molecule has 154 valence electrons. The van der Waals surface area contributed by atoms with Crippen molar-refractivity contribution < 1.29 is 22.3 Å². The van der Waals surface area contributed by atoms with E-state index in [1.807, 2.05) is 0 Å². The molecule has 0 N–H and O–H groups in total. The number of halogens is 1. The van der Waals surface area contributed by atoms with Gasteiger partial charge in [0.15, 0.2) is 11.6 Å². The maximum atomic E-state index is 13.9. The van der Waals surface area contributed by atoms with E-state index in [2.05, 4.69) is 0 Å². The summed E-state index contributed by atoms with van der Waals surface area (Å²) in [6.07, 6.45) is 1.43. The number of nitrogens with zero attached hydrogens (tertiary/aromatic N) is 3. The van der Waals surface area contributed by atoms with Crippen LogP contribution in [-0.2, 0) is 23.6 Å². The lowest BCUT2D eigenvalue weighted by Crippen LogP contribution is -2.30. The van der Waals surface area contributed by atoms with Crippen molar-refractivity contribution in [2.45, 2.75) is 25.3 Å². The van der Waals surface area contributed by atoms with Crippen LogP contribution in [-0.4, -0.2) is 55.3 Å². The van der Waals surface area contributed by atoms with Crippen LogP contribution in [0.3, 0.4) is 0 Å². The molecule has 2 aromatic rings. The third-order valence-electron chi connectivity index (χ3n) is 4.52. The minimum Gasteiger partial charge on any atom is -0.494 e. The predicted molar refractivity (Wildman–Crippen MR) is 104 cm³/mol. The first kappa shape index (κ1) is 21.9. The van der Waals surface area contributed by atoms with Crippen LogP contribution in [0.5, 0.6) is 5.75 Å². The minimum atomic E-state index is -3.66. The molecule has 0 unspecified atom stereocenters. The van der Waals surface area contributed by atoms with E-state index < -0.39 is 15.8 Å². The van der Waals surface area contributed by atoms with Gasteiger partial charge in [-0.25, -0.2) is 12.8 Å². The molecule has 0 saturated carbocycles. The molecule has 1 amide bonds. The maximum absolute atomic E-state index is 13.9. The molecule has 1 heterocycles. The Morgan fingerprint density at radius 2 is 1.86 bits per heavy atom. The van der Waals surface area contributed by atoms with Crippen molar-refractivity contribution in [1.29, 1.82) is 0 Å². The highest BCUT2D eigenvalue weighted by Gasteiger charge is 2.26. The van der Waals surface area contributed by atoms with Crippen LogP contribution < -0.4 is 4.74 Å². The summed E-state index contributed by atoms with van der Waals surface area (Å²) in [5, 5.41) is 0. The van der Waals surface area contributed by atoms with E-state index in [9.17, 15) is 17.6 Å². The fourth-order valence-corrected chi connectivity index (χ4v) is 4.48. The first-order valence-electron chi connectivity index (χ1n) is 8.90. The molecule has 1 aromatic heterocycles. The fourth-order valence-electron chi connectivity index (χ4n) is 2.95. The summed E-state index contributed by atoms with van der Waals surface area (Å²) in [4.78, 5) is 14.3. The van der Waals surface area contributed by atoms with E-state index in [1.54, 1.807) is 34.0 Å². The number of amides is 1. The Morgan fingerprint density at radius 3 is 2.39 bits per heavy atom. The van der Waals surface area contributed by atoms with Gasteiger partial charge in [-0.15, -0.1) is 0 Å². The molecule has 7 nitrogen and oxygen atoms in total. The van der Waals surface area contributed by atoms with Crippen molar-refractivity contribution in [1.82, 2.24) is 13.8 Å². The Kier molecular flexibility index (Phi) is 6.84. The lowest BCUT2D eigenvalue weighted by Gasteiger charge is -2.18. The number of benzene rings is 1. The molecule has 28 heavy (non-hydrogen) atoms. The van der Waals surface area contributed by atoms with Gasteiger partial charge in [-0.2, -0.15) is 4.31 Å². The van der Waals surface area contributed by atoms with Crippen LogP contribution in [0.2, 0.25) is 0 Å². The van der Waals surface area contributed by atoms with Gasteiger partial charge < -0.3 is 14.2 Å². The molecule has 0 aliphatic rings. The van der Waals surface area contributed by atoms with Gasteiger partial charge in [0.1, 0.15) is 10.6 Å². The average Bonchev–Trinajstić information content (AvgIpc) is 3.04. The zero-order chi connectivity index (χ0) is 21.1. The number of aromatic nitrogens is 1. The van der Waals surface area contributed by atoms with Gasteiger partial charge in [-0.05, 0) is 23.8 Å². The van der Waals surface area contributed by atoms with E-state index in [4.69, 9.17) is 4.74 Å². The number of hydrogen-bond acceptors (Lipinski definition) is 4. The highest BCUT2D eigenvalue weighted by Crippen LogP contribution is 2.21. The topological polar surface area (TPSA) is 71.8 Å². The number of hydrogen-bond donors (Lipinski definition) is 0. The quantitative estimate of drug-likeness (QED) is 0.669. The summed E-state index contributed by atoms with van der Waals surface area (Å²) in [5.74, 6) is -0.738. The summed E-state index contributed by atoms with van der Waals surface area (Å²) in [7, 11) is 0.926. The number of rotatable bonds is 8. The van der Waals surface area contributed by atoms with Gasteiger partial charge >= 0.3 is 0 Å². The van der Waals surface area contributed by atoms with Crippen molar-refractivity contribution >= 4 is 15.9 Å². The van der Waals surface area contributed by atoms with Crippen LogP contribution in [0, 0.1) is 5.82 Å². The van der Waals surface area contributed by atoms with Crippen molar-refractivity contribution in [3.8, 4) is 5.75 Å². The average molecular weight is 411 g/mol. The molecule has 2 rings (SSSR count). The maximum Gasteiger partial charge on any atom is 0.270 e. The minimum absolute atomic E-state index is 0.0749. The van der Waals surface area contributed by atoms with Crippen LogP contribution in [0.15, 0.2) is 35.4 Å². The molecule has 9 heteroatoms. The Bertz CT molecular complexity index is 952. The highest BCUT2D eigenvalue weighted by molar-refractivity contribution is 7.89. The summed E-state index contributed by atoms with van der Waals surface area (Å²) in [5.41, 5.74) is 0.835. The van der Waals surface area contributed by atoms with Crippen LogP contribution in [0.1, 0.15) is 29.9 Å². The Balaban J connectivity index is 2.24. The molecule has 1 aromatic carbocycles. The van der Waals surface area contributed by atoms with E-state index in [0.717, 1.165) is 0 Å². The number of carbonyl (C=O) groups excluding carboxylic acids is 1. The van der Waals surface area contributed by atoms with Gasteiger partial charge in [0, 0.05) is 39.9 Å². The second-order valence-electron chi connectivity index (χ2n) is 6.39. The predicted octanol–water partition coefficient (Wildman–Crippen LogP) is 2.48. The second-order valence-corrected chi connectivity index (χ2v) is 8.33. The third-order valence-corrected chi connectivity index (χ3v) is 6.54. The van der Waals surface area contributed by atoms with Gasteiger partial charge in [-0.3, -0.25) is 4.79 Å². The molecule has 0 fully saturated rings. The number of aryl methyl sites for hydroxylation is 1. The van der Waals surface area contributed by atoms with Gasteiger partial charge in [-0.1, -0.05) is 19.9 Å². The number of carbonyl (C=O) groups is 1. The highest BCUT2D eigenvalue weighted by atomic mass is 32.2. The largest absolute Gasteiger partial charge is 0.494 e. The Labute approximate surface area is 165 Å². The summed E-state index contributed by atoms with van der Waals surface area (Å²) < 4.78 is 46.9. The first-order valence-corrected chi connectivity index (χ1v) is 10.3. The van der Waals surface area contributed by atoms with Crippen molar-refractivity contribution in [2.75, 3.05) is 27.2 Å². The normalized spacial score (nSPS) is 11.7. The van der Waals surface area contributed by atoms with E-state index in [1.165, 1.54) is 45.3 Å². The zero-order valence-electron chi connectivity index (χ0n) is 16.8. The number of ether oxygens (including phenoxy) is 1. The lowest BCUT2D eigenvalue weighted by atomic mass is 10.2. The molecule has 0 aliphatic heterocycles. The zero-order valence-corrected chi connectivity index (χ0v) is 17.6. The molecule has 0 atom stereocenters. The monoisotopic (exact) mass is 411 g/mol. The van der Waals surface area contributed by atoms with E-state index >= 15 is 0 Å². The van der Waals surface area contributed by atoms with Crippen molar-refractivity contribution in [2.24, 2.45) is 7.05 Å². The summed E-state index contributed by atoms with van der Waals surface area (Å²) in [6, 6.07) is 5.86. The van der Waals surface area contributed by atoms with Gasteiger partial charge in [0.05, 0.1) is 7.11 Å². The smallest absolute Gasteiger partial charge is 0.270 e. The summed E-state index contributed by atoms with van der Waals surface area (Å²) in [6.45, 7) is 4.39. The fraction of sp³-hybridized carbons (Fsp3) is 0.421. The molecular formula is C19H26FN3O4S. The molecule has 0 spiro atoms. The summed E-state index contributed by atoms with van der Waals surface area (Å²) >= 11 is 0. The van der Waals surface area contributed by atoms with Crippen molar-refractivity contribution in [3.63, 3.8) is 0 Å². The molecule has 0 radical (unpaired) electrons. The second kappa shape index (κ2) is 8.74. The van der Waals surface area contributed by atoms with Crippen molar-refractivity contribution in [3.05, 3.63) is 47.5 Å². The van der Waals surface area contributed by atoms with Gasteiger partial charge in [0.2, 0.25) is 10.0 Å². The molecule has 0 aliphatic carbocycles. The molecular weight excluding hydrogens is 385 g/mol. The Hall–Kier alpha value is -2.39. The Morgan fingerprint density at radius 1 is 1.21 bits per heavy atom. The SMILES string of the molecule is CCN(CC)S(=O)(=O)c1cc(C(=O)N(C)Cc2ccc(OC)c(F)c2)n(C)c1. The standard InChI is InChI=1S/C19H26FN3O4S/c1-6-23(7-2)28(25,26)15-11-17(21(3)13-15)19(24)22(4)12-14-8-9-18(27-5)16(20)10-14/h8-11,13H,6-7,12H2,1-5H3. The number of sulfonamides is 1. The third kappa shape index (κ3) is 4.36. The number of methoxy groups -OCH3 is 1. The lowest BCUT2D eigenvalue weighted by molar-refractivity contribution is 0.0775. The molecule has 0 saturated heterocycles. The first-order chi connectivity index (χ1) is 13.1. The van der Waals surface area contributed by atoms with E-state index in [-0.39, 0.29) is 28.8 Å². The van der Waals surface area contributed by atoms with Gasteiger partial charge in [0.25, 0.3) is 5.91 Å².